The highest BCUT2D eigenvalue weighted by atomic mass is 32.1. The summed E-state index contributed by atoms with van der Waals surface area (Å²) in [6.45, 7) is 9.99. The number of hydrogen-bond acceptors (Lipinski definition) is 5. The summed E-state index contributed by atoms with van der Waals surface area (Å²) in [6.07, 6.45) is 1.94. The molecule has 0 amide bonds. The highest BCUT2D eigenvalue weighted by Gasteiger charge is 2.33. The zero-order valence-electron chi connectivity index (χ0n) is 23.8. The van der Waals surface area contributed by atoms with Crippen LogP contribution in [-0.4, -0.2) is 21.7 Å². The van der Waals surface area contributed by atoms with Crippen LogP contribution in [0, 0.1) is 20.8 Å². The lowest BCUT2D eigenvalue weighted by molar-refractivity contribution is -0.139. The number of nitrogens with zero attached hydrogens (tertiary/aromatic N) is 3. The molecule has 6 nitrogen and oxygen atoms in total. The van der Waals surface area contributed by atoms with Crippen molar-refractivity contribution in [2.24, 2.45) is 4.99 Å². The molecule has 1 aliphatic rings. The van der Waals surface area contributed by atoms with Crippen molar-refractivity contribution in [2.75, 3.05) is 6.61 Å². The van der Waals surface area contributed by atoms with E-state index in [9.17, 15) is 9.59 Å². The molecule has 0 bridgehead atoms. The van der Waals surface area contributed by atoms with Gasteiger partial charge in [0.05, 0.1) is 28.5 Å². The van der Waals surface area contributed by atoms with E-state index in [0.717, 1.165) is 33.8 Å². The first-order valence-electron chi connectivity index (χ1n) is 13.7. The van der Waals surface area contributed by atoms with Gasteiger partial charge in [0.1, 0.15) is 0 Å². The van der Waals surface area contributed by atoms with Crippen molar-refractivity contribution in [1.29, 1.82) is 0 Å². The van der Waals surface area contributed by atoms with Crippen LogP contribution >= 0.6 is 11.3 Å². The van der Waals surface area contributed by atoms with E-state index in [0.29, 0.717) is 20.6 Å². The summed E-state index contributed by atoms with van der Waals surface area (Å²) in [7, 11) is 0. The Labute approximate surface area is 242 Å². The number of benzene rings is 3. The molecule has 1 atom stereocenters. The molecule has 0 aliphatic carbocycles. The molecule has 3 aromatic carbocycles. The number of aryl methyl sites for hydroxylation is 2. The van der Waals surface area contributed by atoms with E-state index >= 15 is 0 Å². The lowest BCUT2D eigenvalue weighted by atomic mass is 9.95. The number of hydrogen-bond donors (Lipinski definition) is 0. The molecule has 1 aliphatic heterocycles. The van der Waals surface area contributed by atoms with Gasteiger partial charge in [0.15, 0.2) is 4.80 Å². The SMILES string of the molecule is CCOC(=O)C1=C(C)N=c2s/c(=C/c3cc(C)n(-c4ccc5ccccc5c4)c3C)c(=O)n2[C@H]1c1ccc(C)cc1. The molecular weight excluding hydrogens is 530 g/mol. The molecule has 5 aromatic rings. The summed E-state index contributed by atoms with van der Waals surface area (Å²) in [5.74, 6) is -0.451. The summed E-state index contributed by atoms with van der Waals surface area (Å²) in [6, 6.07) is 24.2. The van der Waals surface area contributed by atoms with Crippen LogP contribution in [0.1, 0.15) is 48.0 Å². The predicted octanol–water partition coefficient (Wildman–Crippen LogP) is 5.67. The number of rotatable bonds is 5. The van der Waals surface area contributed by atoms with Crippen LogP contribution in [0.2, 0.25) is 0 Å². The van der Waals surface area contributed by atoms with Crippen LogP contribution in [0.4, 0.5) is 0 Å². The standard InChI is InChI=1S/C34H31N3O3S/c1-6-40-33(39)30-22(4)35-34-37(31(30)25-13-11-20(2)12-14-25)32(38)29(41-34)19-27-17-21(3)36(23(27)5)28-16-15-24-9-7-8-10-26(24)18-28/h7-19,31H,6H2,1-5H3/b29-19+/t31-/m0/s1. The van der Waals surface area contributed by atoms with Crippen LogP contribution in [0.25, 0.3) is 22.5 Å². The highest BCUT2D eigenvalue weighted by Crippen LogP contribution is 2.31. The number of carbonyl (C=O) groups is 1. The van der Waals surface area contributed by atoms with Gasteiger partial charge in [-0.05, 0) is 80.8 Å². The van der Waals surface area contributed by atoms with Crippen LogP contribution < -0.4 is 14.9 Å². The van der Waals surface area contributed by atoms with Gasteiger partial charge >= 0.3 is 5.97 Å². The van der Waals surface area contributed by atoms with Gasteiger partial charge in [-0.25, -0.2) is 9.79 Å². The number of thiazole rings is 1. The molecule has 7 heteroatoms. The van der Waals surface area contributed by atoms with Crippen molar-refractivity contribution < 1.29 is 9.53 Å². The molecule has 6 rings (SSSR count). The van der Waals surface area contributed by atoms with Gasteiger partial charge in [-0.3, -0.25) is 9.36 Å². The Hall–Kier alpha value is -4.49. The van der Waals surface area contributed by atoms with E-state index in [4.69, 9.17) is 9.73 Å². The van der Waals surface area contributed by atoms with Crippen molar-refractivity contribution in [3.63, 3.8) is 0 Å². The molecule has 0 saturated carbocycles. The Morgan fingerprint density at radius 2 is 1.71 bits per heavy atom. The molecule has 0 unspecified atom stereocenters. The Kier molecular flexibility index (Phi) is 6.83. The van der Waals surface area contributed by atoms with E-state index < -0.39 is 12.0 Å². The maximum Gasteiger partial charge on any atom is 0.338 e. The minimum atomic E-state index is -0.613. The summed E-state index contributed by atoms with van der Waals surface area (Å²) >= 11 is 1.34. The largest absolute Gasteiger partial charge is 0.463 e. The molecule has 41 heavy (non-hydrogen) atoms. The van der Waals surface area contributed by atoms with Gasteiger partial charge < -0.3 is 9.30 Å². The molecule has 2 aromatic heterocycles. The molecule has 206 valence electrons. The number of carbonyl (C=O) groups excluding carboxylic acids is 1. The maximum absolute atomic E-state index is 14.0. The Bertz CT molecular complexity index is 2040. The maximum atomic E-state index is 14.0. The zero-order valence-corrected chi connectivity index (χ0v) is 24.6. The second-order valence-electron chi connectivity index (χ2n) is 10.4. The third kappa shape index (κ3) is 4.66. The Morgan fingerprint density at radius 1 is 0.976 bits per heavy atom. The molecule has 0 N–H and O–H groups in total. The molecule has 3 heterocycles. The summed E-state index contributed by atoms with van der Waals surface area (Å²) in [5.41, 5.74) is 6.89. The Morgan fingerprint density at radius 3 is 2.44 bits per heavy atom. The monoisotopic (exact) mass is 561 g/mol. The smallest absolute Gasteiger partial charge is 0.338 e. The van der Waals surface area contributed by atoms with E-state index in [2.05, 4.69) is 54.8 Å². The average Bonchev–Trinajstić information content (AvgIpc) is 3.41. The van der Waals surface area contributed by atoms with Gasteiger partial charge in [0.25, 0.3) is 5.56 Å². The van der Waals surface area contributed by atoms with Crippen molar-refractivity contribution >= 4 is 34.2 Å². The molecular formula is C34H31N3O3S. The van der Waals surface area contributed by atoms with E-state index in [1.807, 2.05) is 56.3 Å². The van der Waals surface area contributed by atoms with E-state index in [-0.39, 0.29) is 12.2 Å². The second kappa shape index (κ2) is 10.5. The summed E-state index contributed by atoms with van der Waals surface area (Å²) < 4.78 is 9.83. The number of aromatic nitrogens is 2. The van der Waals surface area contributed by atoms with Crippen LogP contribution in [0.15, 0.2) is 93.9 Å². The summed E-state index contributed by atoms with van der Waals surface area (Å²) in [4.78, 5) is 32.4. The number of esters is 1. The van der Waals surface area contributed by atoms with Gasteiger partial charge in [-0.1, -0.05) is 71.5 Å². The van der Waals surface area contributed by atoms with Gasteiger partial charge in [0.2, 0.25) is 0 Å². The van der Waals surface area contributed by atoms with E-state index in [1.165, 1.54) is 22.1 Å². The van der Waals surface area contributed by atoms with E-state index in [1.54, 1.807) is 11.5 Å². The third-order valence-corrected chi connectivity index (χ3v) is 8.64. The highest BCUT2D eigenvalue weighted by molar-refractivity contribution is 7.07. The predicted molar refractivity (Wildman–Crippen MR) is 164 cm³/mol. The average molecular weight is 562 g/mol. The number of allylic oxidation sites excluding steroid dienone is 1. The van der Waals surface area contributed by atoms with Gasteiger partial charge in [-0.15, -0.1) is 0 Å². The first-order valence-corrected chi connectivity index (χ1v) is 14.5. The fourth-order valence-electron chi connectivity index (χ4n) is 5.64. The van der Waals surface area contributed by atoms with Crippen LogP contribution in [-0.2, 0) is 9.53 Å². The molecule has 0 saturated heterocycles. The molecule has 0 spiro atoms. The quantitative estimate of drug-likeness (QED) is 0.260. The van der Waals surface area contributed by atoms with Crippen molar-refractivity contribution in [3.05, 3.63) is 132 Å². The first kappa shape index (κ1) is 26.7. The first-order chi connectivity index (χ1) is 19.8. The van der Waals surface area contributed by atoms with Gasteiger partial charge in [-0.2, -0.15) is 0 Å². The van der Waals surface area contributed by atoms with Crippen molar-refractivity contribution in [3.8, 4) is 5.69 Å². The van der Waals surface area contributed by atoms with Crippen LogP contribution in [0.5, 0.6) is 0 Å². The zero-order chi connectivity index (χ0) is 28.8. The normalized spacial score (nSPS) is 15.2. The van der Waals surface area contributed by atoms with Crippen molar-refractivity contribution in [1.82, 2.24) is 9.13 Å². The second-order valence-corrected chi connectivity index (χ2v) is 11.4. The lowest BCUT2D eigenvalue weighted by Crippen LogP contribution is -2.39. The fraction of sp³-hybridized carbons (Fsp3) is 0.206. The van der Waals surface area contributed by atoms with Crippen LogP contribution in [0.3, 0.4) is 0 Å². The minimum absolute atomic E-state index is 0.177. The Balaban J connectivity index is 1.50. The lowest BCUT2D eigenvalue weighted by Gasteiger charge is -2.24. The topological polar surface area (TPSA) is 65.6 Å². The molecule has 0 fully saturated rings. The number of ether oxygens (including phenoxy) is 1. The van der Waals surface area contributed by atoms with Gasteiger partial charge in [0, 0.05) is 17.1 Å². The third-order valence-electron chi connectivity index (χ3n) is 7.66. The number of fused-ring (bicyclic) bond motifs is 2. The minimum Gasteiger partial charge on any atom is -0.463 e. The molecule has 0 radical (unpaired) electrons. The summed E-state index contributed by atoms with van der Waals surface area (Å²) in [5, 5.41) is 2.37. The fourth-order valence-corrected chi connectivity index (χ4v) is 6.68. The van der Waals surface area contributed by atoms with Crippen molar-refractivity contribution in [2.45, 2.75) is 40.7 Å².